The quantitative estimate of drug-likeness (QED) is 0.525. The van der Waals surface area contributed by atoms with Crippen LogP contribution >= 0.6 is 0 Å². The Kier molecular flexibility index (Phi) is 2.75. The Morgan fingerprint density at radius 2 is 1.71 bits per heavy atom. The molecule has 0 aromatic heterocycles. The Balaban J connectivity index is 2.95. The van der Waals surface area contributed by atoms with Crippen molar-refractivity contribution in [3.05, 3.63) is 6.92 Å². The predicted octanol–water partition coefficient (Wildman–Crippen LogP) is 1.36. The Hall–Kier alpha value is -0.250. The van der Waals surface area contributed by atoms with Crippen LogP contribution in [-0.2, 0) is 4.74 Å². The minimum atomic E-state index is -3.06. The zero-order valence-corrected chi connectivity index (χ0v) is 3.40. The van der Waals surface area contributed by atoms with Gasteiger partial charge in [0.2, 0.25) is 6.36 Å². The van der Waals surface area contributed by atoms with Gasteiger partial charge in [0, 0.05) is 6.92 Å². The van der Waals surface area contributed by atoms with Crippen LogP contribution in [0.2, 0.25) is 0 Å². The molecule has 43 valence electrons. The lowest BCUT2D eigenvalue weighted by Crippen LogP contribution is -2.05. The summed E-state index contributed by atoms with van der Waals surface area (Å²) in [4.78, 5) is 0. The lowest BCUT2D eigenvalue weighted by Gasteiger charge is -1.99. The van der Waals surface area contributed by atoms with Gasteiger partial charge in [0.1, 0.15) is 0 Å². The van der Waals surface area contributed by atoms with E-state index in [2.05, 4.69) is 11.7 Å². The summed E-state index contributed by atoms with van der Waals surface area (Å²) < 4.78 is 35.8. The fraction of sp³-hybridized carbons (Fsp3) is 0.667. The van der Waals surface area contributed by atoms with Crippen molar-refractivity contribution in [3.63, 3.8) is 0 Å². The summed E-state index contributed by atoms with van der Waals surface area (Å²) in [5, 5.41) is 0. The van der Waals surface area contributed by atoms with Gasteiger partial charge >= 0.3 is 6.61 Å². The van der Waals surface area contributed by atoms with Gasteiger partial charge in [0.05, 0.1) is 0 Å². The summed E-state index contributed by atoms with van der Waals surface area (Å²) >= 11 is 0. The Bertz CT molecular complexity index is 39.4. The molecule has 7 heavy (non-hydrogen) atoms. The van der Waals surface area contributed by atoms with E-state index in [0.29, 0.717) is 0 Å². The Labute approximate surface area is 39.1 Å². The molecule has 0 aromatic rings. The van der Waals surface area contributed by atoms with Crippen molar-refractivity contribution in [2.24, 2.45) is 0 Å². The van der Waals surface area contributed by atoms with Crippen LogP contribution in [0.15, 0.2) is 0 Å². The molecule has 0 heterocycles. The van der Waals surface area contributed by atoms with Gasteiger partial charge in [-0.05, 0) is 0 Å². The largest absolute Gasteiger partial charge is 0.347 e. The molecule has 0 aliphatic rings. The van der Waals surface area contributed by atoms with Crippen LogP contribution in [0.4, 0.5) is 13.2 Å². The number of hydrogen-bond donors (Lipinski definition) is 0. The van der Waals surface area contributed by atoms with Crippen LogP contribution in [0, 0.1) is 6.92 Å². The minimum absolute atomic E-state index is 2.12. The van der Waals surface area contributed by atoms with Crippen LogP contribution in [0.1, 0.15) is 0 Å². The second-order valence-electron chi connectivity index (χ2n) is 0.807. The number of rotatable bonds is 2. The maximum atomic E-state index is 11.1. The molecule has 1 unspecified atom stereocenters. The van der Waals surface area contributed by atoms with Crippen molar-refractivity contribution < 1.29 is 17.9 Å². The van der Waals surface area contributed by atoms with Crippen LogP contribution in [0.25, 0.3) is 0 Å². The van der Waals surface area contributed by atoms with Crippen molar-refractivity contribution in [2.45, 2.75) is 13.0 Å². The molecular weight excluding hydrogens is 109 g/mol. The van der Waals surface area contributed by atoms with Gasteiger partial charge in [-0.25, -0.2) is 4.39 Å². The molecule has 0 aromatic carbocycles. The lowest BCUT2D eigenvalue weighted by atomic mass is 10.8. The van der Waals surface area contributed by atoms with Crippen molar-refractivity contribution >= 4 is 0 Å². The van der Waals surface area contributed by atoms with Gasteiger partial charge in [-0.15, -0.1) is 0 Å². The van der Waals surface area contributed by atoms with E-state index < -0.39 is 13.0 Å². The monoisotopic (exact) mass is 113 g/mol. The van der Waals surface area contributed by atoms with E-state index in [1.54, 1.807) is 0 Å². The first kappa shape index (κ1) is 6.75. The summed E-state index contributed by atoms with van der Waals surface area (Å²) in [5.74, 6) is 0. The summed E-state index contributed by atoms with van der Waals surface area (Å²) in [6.07, 6.45) is -2.12. The summed E-state index contributed by atoms with van der Waals surface area (Å²) in [5.41, 5.74) is 0. The van der Waals surface area contributed by atoms with Gasteiger partial charge in [-0.3, -0.25) is 4.74 Å². The van der Waals surface area contributed by atoms with Crippen molar-refractivity contribution in [1.29, 1.82) is 0 Å². The SMILES string of the molecule is [CH2]C(F)OC(F)F. The third-order valence-corrected chi connectivity index (χ3v) is 0.251. The molecule has 0 saturated heterocycles. The van der Waals surface area contributed by atoms with E-state index >= 15 is 0 Å². The molecular formula is C3H4F3O. The van der Waals surface area contributed by atoms with Gasteiger partial charge < -0.3 is 0 Å². The van der Waals surface area contributed by atoms with Crippen molar-refractivity contribution in [1.82, 2.24) is 0 Å². The number of halogens is 3. The Morgan fingerprint density at radius 3 is 1.71 bits per heavy atom. The third kappa shape index (κ3) is 5.75. The summed E-state index contributed by atoms with van der Waals surface area (Å²) in [6, 6.07) is 0. The summed E-state index contributed by atoms with van der Waals surface area (Å²) in [7, 11) is 0. The first-order valence-electron chi connectivity index (χ1n) is 1.53. The molecule has 0 rings (SSSR count). The zero-order valence-electron chi connectivity index (χ0n) is 3.40. The predicted molar refractivity (Wildman–Crippen MR) is 17.3 cm³/mol. The van der Waals surface area contributed by atoms with E-state index in [0.717, 1.165) is 0 Å². The molecule has 0 N–H and O–H groups in total. The number of alkyl halides is 3. The molecule has 0 fully saturated rings. The molecule has 0 bridgehead atoms. The first-order chi connectivity index (χ1) is 3.13. The maximum absolute atomic E-state index is 11.1. The molecule has 0 amide bonds. The minimum Gasteiger partial charge on any atom is -0.288 e. The zero-order chi connectivity index (χ0) is 5.86. The van der Waals surface area contributed by atoms with E-state index in [1.165, 1.54) is 0 Å². The average Bonchev–Trinajstić information content (AvgIpc) is 1.27. The molecule has 4 heteroatoms. The fourth-order valence-electron chi connectivity index (χ4n) is 0.112. The molecule has 1 nitrogen and oxygen atoms in total. The number of hydrogen-bond acceptors (Lipinski definition) is 1. The smallest absolute Gasteiger partial charge is 0.288 e. The Morgan fingerprint density at radius 1 is 1.29 bits per heavy atom. The topological polar surface area (TPSA) is 9.23 Å². The highest BCUT2D eigenvalue weighted by Crippen LogP contribution is 1.99. The van der Waals surface area contributed by atoms with Crippen LogP contribution in [-0.4, -0.2) is 13.0 Å². The van der Waals surface area contributed by atoms with Crippen LogP contribution < -0.4 is 0 Å². The van der Waals surface area contributed by atoms with Gasteiger partial charge in [0.15, 0.2) is 0 Å². The standard InChI is InChI=1S/C3H4F3O/c1-2(4)7-3(5)6/h2-3H,1H2. The van der Waals surface area contributed by atoms with Gasteiger partial charge in [0.25, 0.3) is 0 Å². The molecule has 0 aliphatic carbocycles. The van der Waals surface area contributed by atoms with E-state index in [1.807, 2.05) is 0 Å². The van der Waals surface area contributed by atoms with E-state index in [-0.39, 0.29) is 0 Å². The molecule has 1 atom stereocenters. The molecule has 1 radical (unpaired) electrons. The highest BCUT2D eigenvalue weighted by atomic mass is 19.3. The fourth-order valence-corrected chi connectivity index (χ4v) is 0.112. The lowest BCUT2D eigenvalue weighted by molar-refractivity contribution is -0.184. The second-order valence-corrected chi connectivity index (χ2v) is 0.807. The van der Waals surface area contributed by atoms with Crippen molar-refractivity contribution in [2.75, 3.05) is 0 Å². The molecule has 0 saturated carbocycles. The highest BCUT2D eigenvalue weighted by Gasteiger charge is 2.05. The molecule has 0 aliphatic heterocycles. The van der Waals surface area contributed by atoms with E-state index in [4.69, 9.17) is 0 Å². The van der Waals surface area contributed by atoms with Crippen molar-refractivity contribution in [3.8, 4) is 0 Å². The second kappa shape index (κ2) is 2.85. The number of ether oxygens (including phenoxy) is 1. The van der Waals surface area contributed by atoms with Crippen LogP contribution in [0.3, 0.4) is 0 Å². The maximum Gasteiger partial charge on any atom is 0.347 e. The highest BCUT2D eigenvalue weighted by molar-refractivity contribution is 4.37. The third-order valence-electron chi connectivity index (χ3n) is 0.251. The van der Waals surface area contributed by atoms with Gasteiger partial charge in [-0.1, -0.05) is 0 Å². The van der Waals surface area contributed by atoms with Crippen LogP contribution in [0.5, 0.6) is 0 Å². The summed E-state index contributed by atoms with van der Waals surface area (Å²) in [6.45, 7) is -0.553. The normalized spacial score (nSPS) is 15.0. The average molecular weight is 113 g/mol. The first-order valence-corrected chi connectivity index (χ1v) is 1.53. The van der Waals surface area contributed by atoms with E-state index in [9.17, 15) is 13.2 Å². The molecule has 0 spiro atoms. The van der Waals surface area contributed by atoms with Gasteiger partial charge in [-0.2, -0.15) is 8.78 Å².